The summed E-state index contributed by atoms with van der Waals surface area (Å²) >= 11 is 1.35. The van der Waals surface area contributed by atoms with Gasteiger partial charge in [-0.05, 0) is 6.42 Å². The van der Waals surface area contributed by atoms with Crippen LogP contribution in [0.5, 0.6) is 0 Å². The van der Waals surface area contributed by atoms with E-state index in [0.717, 1.165) is 18.6 Å². The third-order valence-electron chi connectivity index (χ3n) is 1.38. The lowest BCUT2D eigenvalue weighted by molar-refractivity contribution is 0.246. The highest BCUT2D eigenvalue weighted by Gasteiger charge is 2.02. The number of hydrogen-bond donors (Lipinski definition) is 3. The molecule has 0 saturated heterocycles. The van der Waals surface area contributed by atoms with Gasteiger partial charge >= 0.3 is 6.03 Å². The van der Waals surface area contributed by atoms with Crippen LogP contribution in [0.25, 0.3) is 0 Å². The van der Waals surface area contributed by atoms with Gasteiger partial charge in [-0.2, -0.15) is 0 Å². The number of carbonyl (C=O) groups excluding carboxylic acids is 1. The normalized spacial score (nSPS) is 9.21. The summed E-state index contributed by atoms with van der Waals surface area (Å²) in [7, 11) is 0. The predicted molar refractivity (Wildman–Crippen MR) is 61.8 cm³/mol. The van der Waals surface area contributed by atoms with Crippen molar-refractivity contribution in [3.63, 3.8) is 0 Å². The molecule has 0 unspecified atom stereocenters. The van der Waals surface area contributed by atoms with Crippen molar-refractivity contribution in [2.24, 2.45) is 0 Å². The Balaban J connectivity index is 3.50. The molecule has 0 aromatic rings. The molecule has 0 saturated carbocycles. The summed E-state index contributed by atoms with van der Waals surface area (Å²) in [6.07, 6.45) is 3.75. The van der Waals surface area contributed by atoms with Crippen molar-refractivity contribution in [3.05, 3.63) is 12.7 Å². The Morgan fingerprint density at radius 3 is 2.93 bits per heavy atom. The van der Waals surface area contributed by atoms with Crippen molar-refractivity contribution in [1.82, 2.24) is 10.6 Å². The van der Waals surface area contributed by atoms with E-state index in [0.29, 0.717) is 6.54 Å². The van der Waals surface area contributed by atoms with Crippen molar-refractivity contribution in [2.75, 3.05) is 12.3 Å². The minimum Gasteiger partial charge on any atom is -0.334 e. The van der Waals surface area contributed by atoms with E-state index < -0.39 is 0 Å². The maximum absolute atomic E-state index is 11.0. The van der Waals surface area contributed by atoms with Crippen LogP contribution >= 0.6 is 11.8 Å². The molecule has 5 heteroatoms. The first-order chi connectivity index (χ1) is 6.70. The largest absolute Gasteiger partial charge is 0.334 e. The van der Waals surface area contributed by atoms with E-state index in [1.165, 1.54) is 11.8 Å². The summed E-state index contributed by atoms with van der Waals surface area (Å²) in [5.41, 5.74) is 0. The first-order valence-corrected chi connectivity index (χ1v) is 5.56. The molecule has 4 nitrogen and oxygen atoms in total. The fourth-order valence-corrected chi connectivity index (χ4v) is 1.47. The standard InChI is InChI=1S/C9H17N3OS/c1-3-5-7-14-8(10)12-9(13)11-6-4-2/h4H,2-3,5-7H2,1H3,(H3,10,11,12,13). The van der Waals surface area contributed by atoms with Gasteiger partial charge in [0.25, 0.3) is 0 Å². The zero-order chi connectivity index (χ0) is 10.8. The zero-order valence-electron chi connectivity index (χ0n) is 8.43. The van der Waals surface area contributed by atoms with Crippen LogP contribution in [0.2, 0.25) is 0 Å². The third-order valence-corrected chi connectivity index (χ3v) is 2.26. The first-order valence-electron chi connectivity index (χ1n) is 4.57. The molecule has 0 rings (SSSR count). The maximum atomic E-state index is 11.0. The molecule has 14 heavy (non-hydrogen) atoms. The lowest BCUT2D eigenvalue weighted by atomic mass is 10.4. The summed E-state index contributed by atoms with van der Waals surface area (Å²) in [5, 5.41) is 12.5. The lowest BCUT2D eigenvalue weighted by Crippen LogP contribution is -2.37. The average molecular weight is 215 g/mol. The van der Waals surface area contributed by atoms with Gasteiger partial charge in [0.2, 0.25) is 0 Å². The molecule has 0 aromatic carbocycles. The number of rotatable bonds is 5. The summed E-state index contributed by atoms with van der Waals surface area (Å²) in [5.74, 6) is 0.872. The van der Waals surface area contributed by atoms with Crippen molar-refractivity contribution < 1.29 is 4.79 Å². The van der Waals surface area contributed by atoms with Crippen LogP contribution in [0, 0.1) is 5.41 Å². The van der Waals surface area contributed by atoms with E-state index in [4.69, 9.17) is 5.41 Å². The molecule has 0 aliphatic heterocycles. The Morgan fingerprint density at radius 2 is 2.36 bits per heavy atom. The molecular formula is C9H17N3OS. The van der Waals surface area contributed by atoms with Gasteiger partial charge in [0, 0.05) is 12.3 Å². The van der Waals surface area contributed by atoms with E-state index in [9.17, 15) is 4.79 Å². The number of amidine groups is 1. The number of unbranched alkanes of at least 4 members (excludes halogenated alkanes) is 1. The number of hydrogen-bond acceptors (Lipinski definition) is 3. The number of thioether (sulfide) groups is 1. The van der Waals surface area contributed by atoms with Crippen LogP contribution in [0.1, 0.15) is 19.8 Å². The molecule has 0 fully saturated rings. The number of carbonyl (C=O) groups is 1. The van der Waals surface area contributed by atoms with E-state index in [1.807, 2.05) is 0 Å². The highest BCUT2D eigenvalue weighted by atomic mass is 32.2. The van der Waals surface area contributed by atoms with Crippen molar-refractivity contribution in [2.45, 2.75) is 19.8 Å². The molecule has 2 amide bonds. The molecule has 0 aliphatic rings. The van der Waals surface area contributed by atoms with Crippen molar-refractivity contribution >= 4 is 23.0 Å². The number of amides is 2. The SMILES string of the molecule is C=CCNC(=O)NC(=N)SCCCC. The highest BCUT2D eigenvalue weighted by molar-refractivity contribution is 8.13. The van der Waals surface area contributed by atoms with E-state index in [1.54, 1.807) is 6.08 Å². The van der Waals surface area contributed by atoms with E-state index in [-0.39, 0.29) is 11.2 Å². The van der Waals surface area contributed by atoms with E-state index >= 15 is 0 Å². The van der Waals surface area contributed by atoms with Crippen LogP contribution in [0.4, 0.5) is 4.79 Å². The average Bonchev–Trinajstić information content (AvgIpc) is 2.15. The Morgan fingerprint density at radius 1 is 1.64 bits per heavy atom. The Labute approximate surface area is 89.0 Å². The lowest BCUT2D eigenvalue weighted by Gasteiger charge is -2.05. The second-order valence-electron chi connectivity index (χ2n) is 2.65. The summed E-state index contributed by atoms with van der Waals surface area (Å²) in [6.45, 7) is 5.98. The highest BCUT2D eigenvalue weighted by Crippen LogP contribution is 2.03. The minimum atomic E-state index is -0.348. The van der Waals surface area contributed by atoms with Crippen molar-refractivity contribution in [1.29, 1.82) is 5.41 Å². The molecule has 3 N–H and O–H groups in total. The smallest absolute Gasteiger partial charge is 0.321 e. The second kappa shape index (κ2) is 8.62. The van der Waals surface area contributed by atoms with Crippen molar-refractivity contribution in [3.8, 4) is 0 Å². The minimum absolute atomic E-state index is 0.194. The summed E-state index contributed by atoms with van der Waals surface area (Å²) in [4.78, 5) is 11.0. The quantitative estimate of drug-likeness (QED) is 0.284. The second-order valence-corrected chi connectivity index (χ2v) is 3.76. The first kappa shape index (κ1) is 13.0. The third kappa shape index (κ3) is 7.67. The monoisotopic (exact) mass is 215 g/mol. The molecule has 0 aromatic heterocycles. The topological polar surface area (TPSA) is 65.0 Å². The van der Waals surface area contributed by atoms with Gasteiger partial charge in [0.1, 0.15) is 0 Å². The van der Waals surface area contributed by atoms with Gasteiger partial charge in [0.15, 0.2) is 5.17 Å². The Hall–Kier alpha value is -0.970. The predicted octanol–water partition coefficient (Wildman–Crippen LogP) is 1.94. The molecule has 0 heterocycles. The molecular weight excluding hydrogens is 198 g/mol. The maximum Gasteiger partial charge on any atom is 0.321 e. The van der Waals surface area contributed by atoms with Gasteiger partial charge in [-0.15, -0.1) is 6.58 Å². The van der Waals surface area contributed by atoms with Gasteiger partial charge in [-0.3, -0.25) is 10.7 Å². The van der Waals surface area contributed by atoms with Crippen LogP contribution in [-0.2, 0) is 0 Å². The molecule has 0 spiro atoms. The summed E-state index contributed by atoms with van der Waals surface area (Å²) in [6, 6.07) is -0.348. The van der Waals surface area contributed by atoms with Gasteiger partial charge in [0.05, 0.1) is 0 Å². The van der Waals surface area contributed by atoms with Crippen LogP contribution in [0.3, 0.4) is 0 Å². The molecule has 0 radical (unpaired) electrons. The molecule has 80 valence electrons. The molecule has 0 bridgehead atoms. The van der Waals surface area contributed by atoms with E-state index in [2.05, 4.69) is 24.1 Å². The van der Waals surface area contributed by atoms with Gasteiger partial charge in [-0.1, -0.05) is 31.2 Å². The molecule has 0 aliphatic carbocycles. The van der Waals surface area contributed by atoms with Gasteiger partial charge < -0.3 is 5.32 Å². The Bertz CT molecular complexity index is 206. The number of nitrogens with one attached hydrogen (secondary N) is 3. The Kier molecular flexibility index (Phi) is 8.02. The van der Waals surface area contributed by atoms with Gasteiger partial charge in [-0.25, -0.2) is 4.79 Å². The van der Waals surface area contributed by atoms with Crippen LogP contribution < -0.4 is 10.6 Å². The zero-order valence-corrected chi connectivity index (χ0v) is 9.25. The van der Waals surface area contributed by atoms with Crippen LogP contribution in [-0.4, -0.2) is 23.5 Å². The molecule has 0 atom stereocenters. The fourth-order valence-electron chi connectivity index (χ4n) is 0.667. The summed E-state index contributed by atoms with van der Waals surface area (Å²) < 4.78 is 0. The fraction of sp³-hybridized carbons (Fsp3) is 0.556. The van der Waals surface area contributed by atoms with Crippen LogP contribution in [0.15, 0.2) is 12.7 Å². The number of urea groups is 1.